The van der Waals surface area contributed by atoms with E-state index in [9.17, 15) is 51.1 Å². The maximum atomic E-state index is 13.9. The molecule has 1 aliphatic carbocycles. The number of likely N-dealkylation sites (tertiary alicyclic amines) is 1. The van der Waals surface area contributed by atoms with Crippen LogP contribution >= 0.6 is 56.9 Å². The first kappa shape index (κ1) is 110. The third-order valence-corrected chi connectivity index (χ3v) is 27.8. The number of rotatable bonds is 17. The Balaban J connectivity index is 0.000000167. The van der Waals surface area contributed by atoms with Crippen LogP contribution < -0.4 is 60.1 Å². The van der Waals surface area contributed by atoms with Gasteiger partial charge in [0.25, 0.3) is 0 Å². The number of aryl methyl sites for hydroxylation is 13. The molecule has 12 aromatic carbocycles. The standard InChI is InChI=1S/C28H26FNO2S.C25H21FO2S.C24H20FNO2S.C18H14ClFOS.C11H15NO3.C8H13NO3.Na.H2O/c1-16-7-12-23-24(13-16)33-28(26(31)25-17(2)14-19(29)15-18(25)3)27(23)32-22-10-8-21(9-11-22)30-20-5-4-6-20;1-14-5-8-19(9-6-14)28-24-20-10-7-15(2)11-21(20)29-25(24)23(27)22-16(3)12-18(26)13-17(22)4;1-13-4-9-19-20(10-13)29-24(23(19)28-18-7-5-17(26)6-8-18)22(27)21-14(2)11-16(25)12-15(21)3;1-9-4-5-13-14(6-9)22-18(16(13)19)17(21)15-10(2)7-12(20)8-11(15)3;1-11(2,3)15-10(14)12-8-4-6-9(13)7-5-8;1-8(2,3)12-7(11)9-4-6(10)5-9;;/h7-15,20,30H,4-6H2,1-3H3;5-13H,1-4H3;4-12H,26H2,1-3H3;4-8H,1-3H3;4-7,13H,1-3H3,(H,12,14);4-5H2,1-3H3;;1H2/q;;;;;;+1;/p-1. The number of benzene rings is 12. The first-order valence-corrected chi connectivity index (χ1v) is 49.0. The molecule has 6 N–H and O–H groups in total. The van der Waals surface area contributed by atoms with Crippen LogP contribution in [0.5, 0.6) is 40.2 Å². The first-order valence-electron chi connectivity index (χ1n) is 45.3. The molecule has 28 heteroatoms. The summed E-state index contributed by atoms with van der Waals surface area (Å²) in [5, 5.41) is 19.2. The van der Waals surface area contributed by atoms with Crippen LogP contribution in [0.25, 0.3) is 40.3 Å². The van der Waals surface area contributed by atoms with E-state index in [2.05, 4.69) is 22.8 Å². The number of fused-ring (bicyclic) bond motifs is 4. The number of hydrogen-bond donors (Lipinski definition) is 4. The number of Topliss-reactive ketones (excluding diaryl/α,β-unsaturated/α-hetero) is 1. The molecule has 18 rings (SSSR count). The van der Waals surface area contributed by atoms with E-state index in [1.165, 1.54) is 130 Å². The summed E-state index contributed by atoms with van der Waals surface area (Å²) in [4.78, 5) is 90.0. The molecule has 0 unspecified atom stereocenters. The van der Waals surface area contributed by atoms with Crippen LogP contribution in [0.3, 0.4) is 0 Å². The second-order valence-electron chi connectivity index (χ2n) is 37.0. The summed E-state index contributed by atoms with van der Waals surface area (Å²) < 4.78 is 87.5. The number of carbonyl (C=O) groups is 7. The van der Waals surface area contributed by atoms with Gasteiger partial charge in [-0.3, -0.25) is 34.2 Å². The number of halogens is 5. The number of nitrogens with two attached hydrogens (primary N) is 1. The van der Waals surface area contributed by atoms with Crippen molar-refractivity contribution in [3.8, 4) is 40.2 Å². The van der Waals surface area contributed by atoms with Gasteiger partial charge in [-0.1, -0.05) is 59.6 Å². The summed E-state index contributed by atoms with van der Waals surface area (Å²) >= 11 is 12.0. The average molecular weight is 2020 g/mol. The van der Waals surface area contributed by atoms with Gasteiger partial charge in [-0.2, -0.15) is 0 Å². The van der Waals surface area contributed by atoms with Gasteiger partial charge in [-0.25, -0.2) is 27.2 Å². The number of nitrogens with zero attached hydrogens (tertiary/aromatic N) is 1. The average Bonchev–Trinajstić information content (AvgIpc) is 1.63. The first-order chi connectivity index (χ1) is 66.2. The number of phenols is 1. The molecule has 1 aliphatic heterocycles. The van der Waals surface area contributed by atoms with E-state index in [0.717, 1.165) is 73.8 Å². The summed E-state index contributed by atoms with van der Waals surface area (Å²) in [5.74, 6) is 1.91. The molecule has 1 saturated heterocycles. The third-order valence-electron chi connectivity index (χ3n) is 22.7. The second kappa shape index (κ2) is 46.9. The van der Waals surface area contributed by atoms with Crippen molar-refractivity contribution in [3.63, 3.8) is 0 Å². The molecular formula is C114H110ClF4N4NaO14S4. The maximum Gasteiger partial charge on any atom is 1.00 e. The van der Waals surface area contributed by atoms with Crippen LogP contribution in [0.4, 0.5) is 44.2 Å². The van der Waals surface area contributed by atoms with E-state index >= 15 is 0 Å². The van der Waals surface area contributed by atoms with E-state index in [0.29, 0.717) is 143 Å². The molecule has 0 atom stereocenters. The van der Waals surface area contributed by atoms with Gasteiger partial charge in [-0.15, -0.1) is 45.3 Å². The Morgan fingerprint density at radius 1 is 0.394 bits per heavy atom. The Kier molecular flexibility index (Phi) is 36.2. The minimum absolute atomic E-state index is 0. The Morgan fingerprint density at radius 2 is 0.683 bits per heavy atom. The molecule has 2 aliphatic rings. The number of carbonyl (C=O) groups excluding carboxylic acids is 7. The minimum Gasteiger partial charge on any atom is -0.870 e. The summed E-state index contributed by atoms with van der Waals surface area (Å²) in [7, 11) is 0. The molecule has 0 bridgehead atoms. The van der Waals surface area contributed by atoms with Gasteiger partial charge in [0.1, 0.15) is 72.1 Å². The van der Waals surface area contributed by atoms with Crippen LogP contribution in [0.1, 0.15) is 194 Å². The van der Waals surface area contributed by atoms with Crippen LogP contribution in [-0.4, -0.2) is 86.9 Å². The SMILES string of the molecule is CC(C)(C)OC(=O)N1CC(=O)C1.CC(C)(C)OC(=O)Nc1ccc(O)cc1.Cc1ccc(Oc2c(C(=O)c3c(C)cc(F)cc3C)sc3cc(C)ccc23)cc1.Cc1ccc2c(Cl)c(C(=O)c3c(C)cc(F)cc3C)sc2c1.Cc1ccc2c(Oc3ccc(N)cc3)c(C(=O)c3c(C)cc(F)cc3C)sc2c1.Cc1ccc2c(Oc3ccc(NC4CCC4)cc3)c(C(=O)c3c(C)cc(F)cc3C)sc2c1.[Na+].[OH-]. The van der Waals surface area contributed by atoms with Crippen molar-refractivity contribution in [1.29, 1.82) is 0 Å². The molecule has 16 aromatic rings. The van der Waals surface area contributed by atoms with E-state index in [1.807, 2.05) is 144 Å². The monoisotopic (exact) mass is 2020 g/mol. The van der Waals surface area contributed by atoms with Crippen LogP contribution in [0.15, 0.2) is 218 Å². The Hall–Kier alpha value is -12.9. The zero-order valence-electron chi connectivity index (χ0n) is 82.7. The molecular weight excluding hydrogens is 1910 g/mol. The largest absolute Gasteiger partial charge is 1.00 e. The molecule has 2 fully saturated rings. The van der Waals surface area contributed by atoms with Gasteiger partial charge in [0.2, 0.25) is 23.1 Å². The minimum atomic E-state index is -0.513. The molecule has 18 nitrogen and oxygen atoms in total. The van der Waals surface area contributed by atoms with E-state index in [4.69, 9.17) is 46.1 Å². The predicted octanol–water partition coefficient (Wildman–Crippen LogP) is 28.0. The van der Waals surface area contributed by atoms with Crippen molar-refractivity contribution in [2.75, 3.05) is 29.5 Å². The van der Waals surface area contributed by atoms with Crippen molar-refractivity contribution in [2.24, 2.45) is 0 Å². The second-order valence-corrected chi connectivity index (χ2v) is 41.6. The number of amides is 2. The number of thiophene rings is 4. The van der Waals surface area contributed by atoms with E-state index in [1.54, 1.807) is 133 Å². The van der Waals surface area contributed by atoms with Gasteiger partial charge in [-0.05, 0) is 393 Å². The number of ketones is 5. The molecule has 730 valence electrons. The van der Waals surface area contributed by atoms with Crippen molar-refractivity contribution in [3.05, 3.63) is 361 Å². The summed E-state index contributed by atoms with van der Waals surface area (Å²) in [5.41, 5.74) is 19.8. The van der Waals surface area contributed by atoms with Gasteiger partial charge in [0.15, 0.2) is 23.0 Å². The van der Waals surface area contributed by atoms with Crippen molar-refractivity contribution >= 4 is 155 Å². The van der Waals surface area contributed by atoms with E-state index in [-0.39, 0.29) is 106 Å². The van der Waals surface area contributed by atoms with Gasteiger partial charge in [0, 0.05) is 85.7 Å². The van der Waals surface area contributed by atoms with Crippen LogP contribution in [-0.2, 0) is 14.3 Å². The topological polar surface area (TPSA) is 269 Å². The Labute approximate surface area is 866 Å². The quantitative estimate of drug-likeness (QED) is 0.0217. The van der Waals surface area contributed by atoms with Crippen molar-refractivity contribution in [1.82, 2.24) is 4.90 Å². The smallest absolute Gasteiger partial charge is 0.870 e. The molecule has 0 spiro atoms. The predicted molar refractivity (Wildman–Crippen MR) is 561 cm³/mol. The summed E-state index contributed by atoms with van der Waals surface area (Å²) in [6.45, 7) is 35.3. The number of nitrogens with one attached hydrogen (secondary N) is 2. The summed E-state index contributed by atoms with van der Waals surface area (Å²) in [6.07, 6.45) is 2.81. The van der Waals surface area contributed by atoms with Gasteiger partial charge in [0.05, 0.1) is 23.0 Å². The number of ether oxygens (including phenoxy) is 5. The molecule has 4 aromatic heterocycles. The number of phenolic OH excluding ortho intramolecular Hbond substituents is 1. The molecule has 2 amide bonds. The maximum absolute atomic E-state index is 13.9. The number of anilines is 3. The summed E-state index contributed by atoms with van der Waals surface area (Å²) in [6, 6.07) is 64.7. The number of nitrogen functional groups attached to an aromatic ring is 1. The van der Waals surface area contributed by atoms with Crippen molar-refractivity contribution < 1.29 is 115 Å². The fraction of sp³-hybridized carbons (Fsp3) is 0.237. The Bertz CT molecular complexity index is 7150. The zero-order valence-corrected chi connectivity index (χ0v) is 88.8. The molecule has 1 saturated carbocycles. The number of hydrogen-bond acceptors (Lipinski definition) is 20. The molecule has 5 heterocycles. The zero-order chi connectivity index (χ0) is 101. The van der Waals surface area contributed by atoms with Crippen LogP contribution in [0, 0.1) is 113 Å². The normalized spacial score (nSPS) is 12.0. The van der Waals surface area contributed by atoms with E-state index < -0.39 is 23.4 Å². The van der Waals surface area contributed by atoms with Crippen molar-refractivity contribution in [2.45, 2.75) is 168 Å². The molecule has 0 radical (unpaired) electrons. The molecule has 142 heavy (non-hydrogen) atoms. The fourth-order valence-corrected chi connectivity index (χ4v) is 20.9. The fourth-order valence-electron chi connectivity index (χ4n) is 15.8. The van der Waals surface area contributed by atoms with Gasteiger partial charge < -0.3 is 45.3 Å². The third kappa shape index (κ3) is 27.5. The Morgan fingerprint density at radius 3 is 1.00 bits per heavy atom. The van der Waals surface area contributed by atoms with Gasteiger partial charge >= 0.3 is 41.7 Å². The van der Waals surface area contributed by atoms with Crippen LogP contribution in [0.2, 0.25) is 5.02 Å². The number of aromatic hydroxyl groups is 1.